The van der Waals surface area contributed by atoms with E-state index >= 15 is 0 Å². The second-order valence-corrected chi connectivity index (χ2v) is 8.22. The fourth-order valence-electron chi connectivity index (χ4n) is 3.37. The quantitative estimate of drug-likeness (QED) is 0.444. The number of pyridine rings is 1. The summed E-state index contributed by atoms with van der Waals surface area (Å²) in [7, 11) is 0. The van der Waals surface area contributed by atoms with Crippen LogP contribution in [0.3, 0.4) is 0 Å². The first-order valence-electron chi connectivity index (χ1n) is 9.79. The Morgan fingerprint density at radius 2 is 1.48 bits per heavy atom. The molecule has 0 saturated carbocycles. The first-order chi connectivity index (χ1) is 13.9. The van der Waals surface area contributed by atoms with E-state index in [1.807, 2.05) is 72.8 Å². The molecule has 0 radical (unpaired) electrons. The topological polar surface area (TPSA) is 42.0 Å². The van der Waals surface area contributed by atoms with Crippen LogP contribution in [0.15, 0.2) is 84.9 Å². The Kier molecular flexibility index (Phi) is 4.89. The molecule has 0 atom stereocenters. The Balaban J connectivity index is 1.71. The smallest absolute Gasteiger partial charge is 0.256 e. The lowest BCUT2D eigenvalue weighted by Gasteiger charge is -2.19. The summed E-state index contributed by atoms with van der Waals surface area (Å²) in [6.07, 6.45) is 0. The summed E-state index contributed by atoms with van der Waals surface area (Å²) >= 11 is 0. The Morgan fingerprint density at radius 3 is 2.17 bits per heavy atom. The van der Waals surface area contributed by atoms with Gasteiger partial charge in [-0.3, -0.25) is 4.79 Å². The molecule has 1 N–H and O–H groups in total. The van der Waals surface area contributed by atoms with Crippen LogP contribution in [0.4, 0.5) is 5.69 Å². The molecule has 1 heterocycles. The van der Waals surface area contributed by atoms with E-state index in [4.69, 9.17) is 4.98 Å². The highest BCUT2D eigenvalue weighted by atomic mass is 16.1. The summed E-state index contributed by atoms with van der Waals surface area (Å²) in [4.78, 5) is 17.9. The monoisotopic (exact) mass is 380 g/mol. The number of aromatic nitrogens is 1. The van der Waals surface area contributed by atoms with E-state index in [-0.39, 0.29) is 11.3 Å². The van der Waals surface area contributed by atoms with Crippen LogP contribution in [0.5, 0.6) is 0 Å². The van der Waals surface area contributed by atoms with Crippen LogP contribution in [-0.2, 0) is 5.41 Å². The summed E-state index contributed by atoms with van der Waals surface area (Å²) in [5.74, 6) is -0.135. The van der Waals surface area contributed by atoms with Gasteiger partial charge in [0.05, 0.1) is 16.8 Å². The number of para-hydroxylation sites is 1. The molecule has 0 aliphatic rings. The van der Waals surface area contributed by atoms with Crippen molar-refractivity contribution in [1.82, 2.24) is 4.98 Å². The van der Waals surface area contributed by atoms with Gasteiger partial charge < -0.3 is 5.32 Å². The number of anilines is 1. The van der Waals surface area contributed by atoms with Crippen LogP contribution in [0, 0.1) is 0 Å². The highest BCUT2D eigenvalue weighted by molar-refractivity contribution is 6.13. The molecule has 0 unspecified atom stereocenters. The van der Waals surface area contributed by atoms with Gasteiger partial charge in [0.1, 0.15) is 0 Å². The number of fused-ring (bicyclic) bond motifs is 1. The van der Waals surface area contributed by atoms with Crippen LogP contribution >= 0.6 is 0 Å². The zero-order chi connectivity index (χ0) is 20.4. The fraction of sp³-hybridized carbons (Fsp3) is 0.154. The van der Waals surface area contributed by atoms with Crippen molar-refractivity contribution >= 4 is 22.5 Å². The Morgan fingerprint density at radius 1 is 0.828 bits per heavy atom. The lowest BCUT2D eigenvalue weighted by Crippen LogP contribution is -2.14. The number of hydrogen-bond acceptors (Lipinski definition) is 2. The van der Waals surface area contributed by atoms with E-state index in [2.05, 4.69) is 38.2 Å². The van der Waals surface area contributed by atoms with Gasteiger partial charge >= 0.3 is 0 Å². The van der Waals surface area contributed by atoms with Crippen molar-refractivity contribution in [2.24, 2.45) is 0 Å². The van der Waals surface area contributed by atoms with Crippen molar-refractivity contribution < 1.29 is 4.79 Å². The largest absolute Gasteiger partial charge is 0.322 e. The SMILES string of the molecule is CC(C)(C)c1ccc(NC(=O)c2cc(-c3ccccc3)nc3ccccc23)cc1. The number of benzene rings is 3. The lowest BCUT2D eigenvalue weighted by molar-refractivity contribution is 0.102. The molecule has 3 nitrogen and oxygen atoms in total. The lowest BCUT2D eigenvalue weighted by atomic mass is 9.87. The van der Waals surface area contributed by atoms with Crippen molar-refractivity contribution in [2.45, 2.75) is 26.2 Å². The molecule has 3 heteroatoms. The summed E-state index contributed by atoms with van der Waals surface area (Å²) in [6.45, 7) is 6.53. The third-order valence-electron chi connectivity index (χ3n) is 5.04. The zero-order valence-electron chi connectivity index (χ0n) is 16.9. The van der Waals surface area contributed by atoms with E-state index in [1.54, 1.807) is 0 Å². The molecule has 0 bridgehead atoms. The first kappa shape index (κ1) is 18.9. The summed E-state index contributed by atoms with van der Waals surface area (Å²) in [5, 5.41) is 3.88. The predicted octanol–water partition coefficient (Wildman–Crippen LogP) is 6.45. The van der Waals surface area contributed by atoms with Gasteiger partial charge in [-0.25, -0.2) is 4.98 Å². The van der Waals surface area contributed by atoms with E-state index in [0.29, 0.717) is 5.56 Å². The number of amides is 1. The maximum Gasteiger partial charge on any atom is 0.256 e. The highest BCUT2D eigenvalue weighted by Gasteiger charge is 2.16. The van der Waals surface area contributed by atoms with Crippen molar-refractivity contribution in [3.63, 3.8) is 0 Å². The van der Waals surface area contributed by atoms with Crippen LogP contribution in [0.1, 0.15) is 36.7 Å². The number of rotatable bonds is 3. The molecule has 4 aromatic rings. The fourth-order valence-corrected chi connectivity index (χ4v) is 3.37. The Hall–Kier alpha value is -3.46. The van der Waals surface area contributed by atoms with Crippen LogP contribution in [0.25, 0.3) is 22.2 Å². The number of nitrogens with one attached hydrogen (secondary N) is 1. The average molecular weight is 380 g/mol. The number of hydrogen-bond donors (Lipinski definition) is 1. The predicted molar refractivity (Wildman–Crippen MR) is 120 cm³/mol. The molecule has 29 heavy (non-hydrogen) atoms. The van der Waals surface area contributed by atoms with Crippen molar-refractivity contribution in [3.8, 4) is 11.3 Å². The first-order valence-corrected chi connectivity index (χ1v) is 9.79. The second kappa shape index (κ2) is 7.51. The normalized spacial score (nSPS) is 11.4. The van der Waals surface area contributed by atoms with Crippen molar-refractivity contribution in [1.29, 1.82) is 0 Å². The number of carbonyl (C=O) groups excluding carboxylic acids is 1. The van der Waals surface area contributed by atoms with Gasteiger partial charge in [0, 0.05) is 16.6 Å². The summed E-state index contributed by atoms with van der Waals surface area (Å²) in [6, 6.07) is 27.6. The third kappa shape index (κ3) is 4.04. The summed E-state index contributed by atoms with van der Waals surface area (Å²) in [5.41, 5.74) is 5.30. The average Bonchev–Trinajstić information content (AvgIpc) is 2.73. The number of nitrogens with zero attached hydrogens (tertiary/aromatic N) is 1. The van der Waals surface area contributed by atoms with Gasteiger partial charge in [0.25, 0.3) is 5.91 Å². The van der Waals surface area contributed by atoms with Gasteiger partial charge in [-0.15, -0.1) is 0 Å². The summed E-state index contributed by atoms with van der Waals surface area (Å²) < 4.78 is 0. The van der Waals surface area contributed by atoms with Crippen LogP contribution < -0.4 is 5.32 Å². The standard InChI is InChI=1S/C26H24N2O/c1-26(2,3)19-13-15-20(16-14-19)27-25(29)22-17-24(18-9-5-4-6-10-18)28-23-12-8-7-11-21(22)23/h4-17H,1-3H3,(H,27,29). The molecule has 1 amide bonds. The van der Waals surface area contributed by atoms with E-state index < -0.39 is 0 Å². The molecule has 144 valence electrons. The molecule has 1 aromatic heterocycles. The Bertz CT molecular complexity index is 1160. The molecule has 0 aliphatic heterocycles. The van der Waals surface area contributed by atoms with Crippen molar-refractivity contribution in [2.75, 3.05) is 5.32 Å². The molecule has 3 aromatic carbocycles. The minimum absolute atomic E-state index is 0.0778. The van der Waals surface area contributed by atoms with E-state index in [1.165, 1.54) is 5.56 Å². The van der Waals surface area contributed by atoms with Gasteiger partial charge in [-0.1, -0.05) is 81.4 Å². The zero-order valence-corrected chi connectivity index (χ0v) is 16.9. The third-order valence-corrected chi connectivity index (χ3v) is 5.04. The van der Waals surface area contributed by atoms with Gasteiger partial charge in [-0.05, 0) is 35.2 Å². The Labute approximate surface area is 171 Å². The van der Waals surface area contributed by atoms with Crippen LogP contribution in [-0.4, -0.2) is 10.9 Å². The molecule has 0 spiro atoms. The van der Waals surface area contributed by atoms with E-state index in [0.717, 1.165) is 27.8 Å². The molecule has 0 aliphatic carbocycles. The highest BCUT2D eigenvalue weighted by Crippen LogP contribution is 2.27. The molecule has 0 fully saturated rings. The minimum Gasteiger partial charge on any atom is -0.322 e. The maximum absolute atomic E-state index is 13.2. The van der Waals surface area contributed by atoms with Gasteiger partial charge in [0.2, 0.25) is 0 Å². The molecular weight excluding hydrogens is 356 g/mol. The maximum atomic E-state index is 13.2. The van der Waals surface area contributed by atoms with Gasteiger partial charge in [0.15, 0.2) is 0 Å². The minimum atomic E-state index is -0.135. The van der Waals surface area contributed by atoms with E-state index in [9.17, 15) is 4.79 Å². The molecule has 0 saturated heterocycles. The molecule has 4 rings (SSSR count). The van der Waals surface area contributed by atoms with Crippen molar-refractivity contribution in [3.05, 3.63) is 96.1 Å². The molecular formula is C26H24N2O. The van der Waals surface area contributed by atoms with Crippen LogP contribution in [0.2, 0.25) is 0 Å². The van der Waals surface area contributed by atoms with Gasteiger partial charge in [-0.2, -0.15) is 0 Å². The second-order valence-electron chi connectivity index (χ2n) is 8.22. The number of carbonyl (C=O) groups is 1.